The Bertz CT molecular complexity index is 570. The fraction of sp³-hybridized carbons (Fsp3) is 0. The Kier molecular flexibility index (Phi) is 2.93. The summed E-state index contributed by atoms with van der Waals surface area (Å²) in [4.78, 5) is 0. The number of benzene rings is 2. The van der Waals surface area contributed by atoms with Gasteiger partial charge < -0.3 is 11.1 Å². The molecule has 0 amide bonds. The Balaban J connectivity index is 2.25. The van der Waals surface area contributed by atoms with E-state index in [1.54, 1.807) is 30.3 Å². The number of nitrogens with zero attached hydrogens (tertiary/aromatic N) is 1. The average Bonchev–Trinajstić information content (AvgIpc) is 2.34. The molecule has 0 fully saturated rings. The van der Waals surface area contributed by atoms with Crippen LogP contribution < -0.4 is 11.1 Å². The highest BCUT2D eigenvalue weighted by Crippen LogP contribution is 2.21. The van der Waals surface area contributed by atoms with Crippen molar-refractivity contribution in [2.45, 2.75) is 0 Å². The van der Waals surface area contributed by atoms with Gasteiger partial charge in [0.25, 0.3) is 0 Å². The lowest BCUT2D eigenvalue weighted by Crippen LogP contribution is -1.94. The summed E-state index contributed by atoms with van der Waals surface area (Å²) in [5.41, 5.74) is 7.56. The van der Waals surface area contributed by atoms with Crippen LogP contribution in [0.15, 0.2) is 42.5 Å². The number of halogens is 1. The molecule has 0 aliphatic heterocycles. The Morgan fingerprint density at radius 2 is 1.82 bits per heavy atom. The summed E-state index contributed by atoms with van der Waals surface area (Å²) in [5.74, 6) is -0.458. The van der Waals surface area contributed by atoms with Gasteiger partial charge in [-0.25, -0.2) is 4.39 Å². The molecule has 0 radical (unpaired) electrons. The molecule has 0 bridgehead atoms. The van der Waals surface area contributed by atoms with Crippen LogP contribution in [-0.4, -0.2) is 0 Å². The number of nitrogen functional groups attached to an aromatic ring is 1. The molecule has 0 heterocycles. The van der Waals surface area contributed by atoms with Gasteiger partial charge in [-0.15, -0.1) is 0 Å². The van der Waals surface area contributed by atoms with Crippen molar-refractivity contribution < 1.29 is 4.39 Å². The van der Waals surface area contributed by atoms with E-state index >= 15 is 0 Å². The molecule has 0 aliphatic rings. The molecule has 2 aromatic rings. The van der Waals surface area contributed by atoms with E-state index in [9.17, 15) is 4.39 Å². The smallest absolute Gasteiger partial charge is 0.147 e. The van der Waals surface area contributed by atoms with Crippen LogP contribution in [0.1, 0.15) is 5.56 Å². The van der Waals surface area contributed by atoms with Crippen LogP contribution in [0.2, 0.25) is 0 Å². The van der Waals surface area contributed by atoms with Gasteiger partial charge in [0, 0.05) is 11.4 Å². The van der Waals surface area contributed by atoms with E-state index in [4.69, 9.17) is 11.0 Å². The van der Waals surface area contributed by atoms with Crippen molar-refractivity contribution in [3.8, 4) is 6.07 Å². The predicted molar refractivity (Wildman–Crippen MR) is 65.3 cm³/mol. The van der Waals surface area contributed by atoms with Crippen LogP contribution in [-0.2, 0) is 0 Å². The molecular formula is C13H10FN3. The molecule has 4 heteroatoms. The zero-order chi connectivity index (χ0) is 12.3. The largest absolute Gasteiger partial charge is 0.399 e. The Morgan fingerprint density at radius 1 is 1.12 bits per heavy atom. The van der Waals surface area contributed by atoms with Crippen LogP contribution in [0.4, 0.5) is 21.5 Å². The van der Waals surface area contributed by atoms with E-state index in [0.717, 1.165) is 5.69 Å². The number of anilines is 3. The number of nitrogens with one attached hydrogen (secondary N) is 1. The molecule has 0 saturated carbocycles. The topological polar surface area (TPSA) is 61.8 Å². The van der Waals surface area contributed by atoms with Crippen molar-refractivity contribution >= 4 is 17.1 Å². The quantitative estimate of drug-likeness (QED) is 0.775. The molecule has 0 atom stereocenters. The van der Waals surface area contributed by atoms with Crippen LogP contribution in [0.5, 0.6) is 0 Å². The van der Waals surface area contributed by atoms with Gasteiger partial charge in [0.15, 0.2) is 0 Å². The van der Waals surface area contributed by atoms with E-state index < -0.39 is 5.82 Å². The van der Waals surface area contributed by atoms with Crippen molar-refractivity contribution in [2.24, 2.45) is 0 Å². The summed E-state index contributed by atoms with van der Waals surface area (Å²) in [6.07, 6.45) is 0. The third kappa shape index (κ3) is 2.52. The Hall–Kier alpha value is -2.54. The molecule has 17 heavy (non-hydrogen) atoms. The summed E-state index contributed by atoms with van der Waals surface area (Å²) < 4.78 is 13.6. The van der Waals surface area contributed by atoms with Gasteiger partial charge in [-0.3, -0.25) is 0 Å². The summed E-state index contributed by atoms with van der Waals surface area (Å²) in [6, 6.07) is 13.1. The van der Waals surface area contributed by atoms with Crippen molar-refractivity contribution in [1.82, 2.24) is 0 Å². The second-order valence-electron chi connectivity index (χ2n) is 3.55. The number of nitrogens with two attached hydrogens (primary N) is 1. The molecule has 3 nitrogen and oxygen atoms in total. The minimum Gasteiger partial charge on any atom is -0.399 e. The second-order valence-corrected chi connectivity index (χ2v) is 3.55. The lowest BCUT2D eigenvalue weighted by Gasteiger charge is -2.07. The van der Waals surface area contributed by atoms with Crippen molar-refractivity contribution in [3.63, 3.8) is 0 Å². The molecule has 0 aliphatic carbocycles. The zero-order valence-electron chi connectivity index (χ0n) is 8.94. The molecular weight excluding hydrogens is 217 g/mol. The maximum atomic E-state index is 13.6. The summed E-state index contributed by atoms with van der Waals surface area (Å²) in [5, 5.41) is 11.5. The zero-order valence-corrected chi connectivity index (χ0v) is 8.94. The maximum Gasteiger partial charge on any atom is 0.147 e. The van der Waals surface area contributed by atoms with Gasteiger partial charge in [0.1, 0.15) is 5.82 Å². The molecule has 0 unspecified atom stereocenters. The highest BCUT2D eigenvalue weighted by atomic mass is 19.1. The van der Waals surface area contributed by atoms with Crippen LogP contribution in [0.3, 0.4) is 0 Å². The van der Waals surface area contributed by atoms with Gasteiger partial charge in [-0.05, 0) is 42.5 Å². The predicted octanol–water partition coefficient (Wildman–Crippen LogP) is 3.02. The number of hydrogen-bond acceptors (Lipinski definition) is 3. The fourth-order valence-corrected chi connectivity index (χ4v) is 1.41. The first-order valence-electron chi connectivity index (χ1n) is 5.01. The van der Waals surface area contributed by atoms with Gasteiger partial charge in [0.05, 0.1) is 17.3 Å². The van der Waals surface area contributed by atoms with E-state index in [-0.39, 0.29) is 0 Å². The van der Waals surface area contributed by atoms with Crippen LogP contribution in [0.25, 0.3) is 0 Å². The minimum atomic E-state index is -0.458. The van der Waals surface area contributed by atoms with E-state index in [1.165, 1.54) is 12.1 Å². The highest BCUT2D eigenvalue weighted by molar-refractivity contribution is 5.63. The molecule has 2 aromatic carbocycles. The van der Waals surface area contributed by atoms with Crippen LogP contribution >= 0.6 is 0 Å². The molecule has 0 saturated heterocycles. The van der Waals surface area contributed by atoms with Gasteiger partial charge in [0.2, 0.25) is 0 Å². The van der Waals surface area contributed by atoms with Gasteiger partial charge in [-0.1, -0.05) is 0 Å². The SMILES string of the molecule is N#Cc1ccc(Nc2ccc(N)cc2)c(F)c1. The lowest BCUT2D eigenvalue weighted by molar-refractivity contribution is 0.631. The van der Waals surface area contributed by atoms with E-state index in [0.29, 0.717) is 16.9 Å². The molecule has 3 N–H and O–H groups in total. The normalized spacial score (nSPS) is 9.65. The van der Waals surface area contributed by atoms with Crippen molar-refractivity contribution in [3.05, 3.63) is 53.8 Å². The average molecular weight is 227 g/mol. The number of rotatable bonds is 2. The highest BCUT2D eigenvalue weighted by Gasteiger charge is 2.03. The monoisotopic (exact) mass is 227 g/mol. The first-order chi connectivity index (χ1) is 8.19. The molecule has 2 rings (SSSR count). The van der Waals surface area contributed by atoms with Gasteiger partial charge >= 0.3 is 0 Å². The molecule has 0 aromatic heterocycles. The summed E-state index contributed by atoms with van der Waals surface area (Å²) in [6.45, 7) is 0. The first kappa shape index (κ1) is 11.0. The molecule has 0 spiro atoms. The number of nitriles is 1. The molecule has 84 valence electrons. The second kappa shape index (κ2) is 4.54. The first-order valence-corrected chi connectivity index (χ1v) is 5.01. The standard InChI is InChI=1S/C13H10FN3/c14-12-7-9(8-15)1-6-13(12)17-11-4-2-10(16)3-5-11/h1-7,17H,16H2. The fourth-order valence-electron chi connectivity index (χ4n) is 1.41. The van der Waals surface area contributed by atoms with Crippen molar-refractivity contribution in [2.75, 3.05) is 11.1 Å². The summed E-state index contributed by atoms with van der Waals surface area (Å²) in [7, 11) is 0. The van der Waals surface area contributed by atoms with Crippen molar-refractivity contribution in [1.29, 1.82) is 5.26 Å². The third-order valence-corrected chi connectivity index (χ3v) is 2.29. The Labute approximate surface area is 98.3 Å². The minimum absolute atomic E-state index is 0.297. The van der Waals surface area contributed by atoms with Gasteiger partial charge in [-0.2, -0.15) is 5.26 Å². The lowest BCUT2D eigenvalue weighted by atomic mass is 10.2. The summed E-state index contributed by atoms with van der Waals surface area (Å²) >= 11 is 0. The van der Waals surface area contributed by atoms with E-state index in [2.05, 4.69) is 5.32 Å². The Morgan fingerprint density at radius 3 is 2.41 bits per heavy atom. The maximum absolute atomic E-state index is 13.6. The number of hydrogen-bond donors (Lipinski definition) is 2. The third-order valence-electron chi connectivity index (χ3n) is 2.29. The van der Waals surface area contributed by atoms with E-state index in [1.807, 2.05) is 6.07 Å². The van der Waals surface area contributed by atoms with Crippen LogP contribution in [0, 0.1) is 17.1 Å².